The minimum Gasteiger partial charge on any atom is -0.461 e. The molecule has 1 aromatic rings. The molecule has 2 amide bonds. The quantitative estimate of drug-likeness (QED) is 0.198. The van der Waals surface area contributed by atoms with E-state index in [-0.39, 0.29) is 30.9 Å². The second-order valence-electron chi connectivity index (χ2n) is 10.1. The molecule has 34 heavy (non-hydrogen) atoms. The molecule has 1 unspecified atom stereocenters. The summed E-state index contributed by atoms with van der Waals surface area (Å²) in [4.78, 5) is 39.7. The van der Waals surface area contributed by atoms with Crippen LogP contribution >= 0.6 is 0 Å². The van der Waals surface area contributed by atoms with Gasteiger partial charge in [0.15, 0.2) is 0 Å². The zero-order valence-electron chi connectivity index (χ0n) is 20.8. The largest absolute Gasteiger partial charge is 0.461 e. The van der Waals surface area contributed by atoms with E-state index in [0.717, 1.165) is 31.5 Å². The molecule has 2 aliphatic rings. The monoisotopic (exact) mass is 484 g/mol. The van der Waals surface area contributed by atoms with E-state index < -0.39 is 13.7 Å². The van der Waals surface area contributed by atoms with Crippen molar-refractivity contribution < 1.29 is 23.6 Å². The van der Waals surface area contributed by atoms with Gasteiger partial charge in [0.1, 0.15) is 6.61 Å². The second kappa shape index (κ2) is 10.8. The van der Waals surface area contributed by atoms with Gasteiger partial charge in [-0.1, -0.05) is 36.4 Å². The van der Waals surface area contributed by atoms with Crippen LogP contribution < -0.4 is 0 Å². The minimum absolute atomic E-state index is 0.154. The maximum absolute atomic E-state index is 13.1. The summed E-state index contributed by atoms with van der Waals surface area (Å²) in [5, 5.41) is 2.03. The second-order valence-corrected chi connectivity index (χ2v) is 14.2. The Labute approximate surface area is 203 Å². The number of carbonyl (C=O) groups excluding carboxylic acids is 3. The van der Waals surface area contributed by atoms with E-state index in [2.05, 4.69) is 19.7 Å². The first-order valence-corrected chi connectivity index (χ1v) is 15.0. The minimum atomic E-state index is -2.23. The van der Waals surface area contributed by atoms with E-state index in [0.29, 0.717) is 23.6 Å². The number of hydrogen-bond acceptors (Lipinski definition) is 6. The fourth-order valence-corrected chi connectivity index (χ4v) is 8.05. The topological polar surface area (TPSA) is 76.1 Å². The number of imide groups is 1. The highest BCUT2D eigenvalue weighted by atomic mass is 28.4. The molecule has 1 fully saturated rings. The normalized spacial score (nSPS) is 18.7. The number of hydroxylamine groups is 2. The first-order valence-electron chi connectivity index (χ1n) is 11.9. The van der Waals surface area contributed by atoms with E-state index >= 15 is 0 Å². The number of ether oxygens (including phenoxy) is 1. The lowest BCUT2D eigenvalue weighted by atomic mass is 9.85. The maximum Gasteiger partial charge on any atom is 0.312 e. The van der Waals surface area contributed by atoms with Gasteiger partial charge in [0.2, 0.25) is 8.32 Å². The maximum atomic E-state index is 13.1. The zero-order valence-corrected chi connectivity index (χ0v) is 21.8. The predicted molar refractivity (Wildman–Crippen MR) is 134 cm³/mol. The first kappa shape index (κ1) is 26.1. The first-order chi connectivity index (χ1) is 16.1. The van der Waals surface area contributed by atoms with E-state index in [4.69, 9.17) is 9.26 Å². The molecular weight excluding hydrogens is 448 g/mol. The van der Waals surface area contributed by atoms with Crippen molar-refractivity contribution in [3.63, 3.8) is 0 Å². The van der Waals surface area contributed by atoms with E-state index in [1.54, 1.807) is 30.3 Å². The van der Waals surface area contributed by atoms with Crippen LogP contribution in [0.1, 0.15) is 53.8 Å². The average Bonchev–Trinajstić information content (AvgIpc) is 3.36. The molecule has 0 radical (unpaired) electrons. The fourth-order valence-electron chi connectivity index (χ4n) is 4.96. The lowest BCUT2D eigenvalue weighted by molar-refractivity contribution is -0.153. The van der Waals surface area contributed by atoms with Crippen LogP contribution in [0.4, 0.5) is 0 Å². The highest BCUT2D eigenvalue weighted by molar-refractivity contribution is 6.71. The van der Waals surface area contributed by atoms with Crippen molar-refractivity contribution in [2.24, 2.45) is 5.41 Å². The number of nitrogens with zero attached hydrogens (tertiary/aromatic N) is 2. The fraction of sp³-hybridized carbons (Fsp3) is 0.500. The molecule has 0 N–H and O–H groups in total. The molecule has 3 rings (SSSR count). The Hall–Kier alpha value is -2.55. The van der Waals surface area contributed by atoms with Crippen LogP contribution in [0.2, 0.25) is 19.1 Å². The highest BCUT2D eigenvalue weighted by Gasteiger charge is 2.43. The molecule has 2 aliphatic heterocycles. The van der Waals surface area contributed by atoms with Crippen molar-refractivity contribution in [2.45, 2.75) is 52.2 Å². The van der Waals surface area contributed by atoms with Crippen LogP contribution in [0.3, 0.4) is 0 Å². The van der Waals surface area contributed by atoms with Gasteiger partial charge in [0.25, 0.3) is 11.8 Å². The third-order valence-electron chi connectivity index (χ3n) is 6.25. The summed E-state index contributed by atoms with van der Waals surface area (Å²) in [5.41, 5.74) is 0.994. The zero-order chi connectivity index (χ0) is 24.9. The molecule has 0 aromatic heterocycles. The third-order valence-corrected chi connectivity index (χ3v) is 8.64. The highest BCUT2D eigenvalue weighted by Crippen LogP contribution is 2.38. The molecule has 2 heterocycles. The molecule has 0 spiro atoms. The van der Waals surface area contributed by atoms with Crippen LogP contribution in [0.5, 0.6) is 0 Å². The van der Waals surface area contributed by atoms with Gasteiger partial charge in [-0.15, -0.1) is 0 Å². The van der Waals surface area contributed by atoms with E-state index in [1.165, 1.54) is 4.90 Å². The number of esters is 1. The predicted octanol–water partition coefficient (Wildman–Crippen LogP) is 4.59. The van der Waals surface area contributed by atoms with Crippen LogP contribution in [-0.2, 0) is 14.1 Å². The van der Waals surface area contributed by atoms with Crippen molar-refractivity contribution in [3.05, 3.63) is 59.7 Å². The molecule has 7 nitrogen and oxygen atoms in total. The third kappa shape index (κ3) is 6.11. The number of fused-ring (bicyclic) bond motifs is 1. The Morgan fingerprint density at radius 2 is 1.74 bits per heavy atom. The molecule has 1 atom stereocenters. The van der Waals surface area contributed by atoms with E-state index in [9.17, 15) is 14.4 Å². The summed E-state index contributed by atoms with van der Waals surface area (Å²) >= 11 is 0. The number of allylic oxidation sites excluding steroid dienone is 1. The molecule has 0 bridgehead atoms. The summed E-state index contributed by atoms with van der Waals surface area (Å²) in [6, 6.07) is 7.44. The molecule has 0 saturated carbocycles. The number of carbonyl (C=O) groups is 3. The Morgan fingerprint density at radius 1 is 1.15 bits per heavy atom. The standard InChI is InChI=1S/C26H36N2O5Si/c1-6-17-32-25(31)26(3,19-34(4,5)33-27-14-9-10-15-27)18-20(2)13-16-28-23(29)21-11-7-8-12-22(21)24(28)30/h6-8,11-13H,1,9-10,14-19H2,2-5H3/b20-13-. The van der Waals surface area contributed by atoms with Crippen LogP contribution in [0.25, 0.3) is 0 Å². The summed E-state index contributed by atoms with van der Waals surface area (Å²) in [5.74, 6) is -0.859. The smallest absolute Gasteiger partial charge is 0.312 e. The molecule has 0 aliphatic carbocycles. The summed E-state index contributed by atoms with van der Waals surface area (Å²) < 4.78 is 11.8. The van der Waals surface area contributed by atoms with Crippen LogP contribution in [0.15, 0.2) is 48.6 Å². The van der Waals surface area contributed by atoms with Gasteiger partial charge in [-0.3, -0.25) is 19.3 Å². The lowest BCUT2D eigenvalue weighted by Crippen LogP contribution is -2.45. The van der Waals surface area contributed by atoms with Crippen molar-refractivity contribution in [1.29, 1.82) is 0 Å². The molecule has 184 valence electrons. The molecular formula is C26H36N2O5Si. The Balaban J connectivity index is 1.72. The van der Waals surface area contributed by atoms with E-state index in [1.807, 2.05) is 25.0 Å². The Morgan fingerprint density at radius 3 is 2.29 bits per heavy atom. The van der Waals surface area contributed by atoms with Gasteiger partial charge in [-0.25, -0.2) is 5.06 Å². The van der Waals surface area contributed by atoms with Gasteiger partial charge >= 0.3 is 5.97 Å². The van der Waals surface area contributed by atoms with Crippen molar-refractivity contribution in [1.82, 2.24) is 9.96 Å². The van der Waals surface area contributed by atoms with Gasteiger partial charge in [0.05, 0.1) is 16.5 Å². The SMILES string of the molecule is C=CCOC(=O)C(C)(C/C(C)=C\CN1C(=O)c2ccccc2C1=O)C[Si](C)(C)ON1CCCC1. The van der Waals surface area contributed by atoms with Crippen molar-refractivity contribution in [3.8, 4) is 0 Å². The number of hydrogen-bond donors (Lipinski definition) is 0. The Kier molecular flexibility index (Phi) is 8.28. The van der Waals surface area contributed by atoms with Gasteiger partial charge in [0, 0.05) is 19.6 Å². The summed E-state index contributed by atoms with van der Waals surface area (Å²) in [6.07, 6.45) is 6.13. The number of rotatable bonds is 11. The summed E-state index contributed by atoms with van der Waals surface area (Å²) in [7, 11) is -2.23. The number of benzene rings is 1. The molecule has 1 saturated heterocycles. The summed E-state index contributed by atoms with van der Waals surface area (Å²) in [6.45, 7) is 13.9. The molecule has 1 aromatic carbocycles. The van der Waals surface area contributed by atoms with Gasteiger partial charge in [-0.2, -0.15) is 0 Å². The lowest BCUT2D eigenvalue weighted by Gasteiger charge is -2.36. The van der Waals surface area contributed by atoms with Crippen LogP contribution in [0, 0.1) is 5.41 Å². The van der Waals surface area contributed by atoms with Gasteiger partial charge < -0.3 is 9.26 Å². The van der Waals surface area contributed by atoms with Crippen molar-refractivity contribution >= 4 is 26.1 Å². The van der Waals surface area contributed by atoms with Gasteiger partial charge in [-0.05, 0) is 64.4 Å². The van der Waals surface area contributed by atoms with Crippen molar-refractivity contribution in [2.75, 3.05) is 26.2 Å². The van der Waals surface area contributed by atoms with Crippen LogP contribution in [-0.4, -0.2) is 62.3 Å². The number of amides is 2. The Bertz CT molecular complexity index is 948. The average molecular weight is 485 g/mol. The molecule has 8 heteroatoms.